The lowest BCUT2D eigenvalue weighted by Crippen LogP contribution is -2.61. The van der Waals surface area contributed by atoms with Crippen molar-refractivity contribution in [3.63, 3.8) is 0 Å². The van der Waals surface area contributed by atoms with E-state index in [1.54, 1.807) is 6.92 Å². The average Bonchev–Trinajstić information content (AvgIpc) is 3.02. The number of rotatable bonds is 4. The Bertz CT molecular complexity index is 651. The highest BCUT2D eigenvalue weighted by Gasteiger charge is 2.51. The third-order valence-corrected chi connectivity index (χ3v) is 6.06. The summed E-state index contributed by atoms with van der Waals surface area (Å²) in [6.45, 7) is 1.78. The number of hydrogen-bond acceptors (Lipinski definition) is 5. The monoisotopic (exact) mass is 348 g/mol. The Morgan fingerprint density at radius 2 is 1.84 bits per heavy atom. The van der Waals surface area contributed by atoms with Crippen LogP contribution in [0.15, 0.2) is 10.6 Å². The summed E-state index contributed by atoms with van der Waals surface area (Å²) < 4.78 is 4.86. The Morgan fingerprint density at radius 1 is 1.24 bits per heavy atom. The van der Waals surface area contributed by atoms with E-state index < -0.39 is 11.9 Å². The largest absolute Gasteiger partial charge is 0.351 e. The number of amides is 3. The molecule has 0 aliphatic heterocycles. The summed E-state index contributed by atoms with van der Waals surface area (Å²) in [6, 6.07) is 0.796. The number of hydroxylamine groups is 1. The van der Waals surface area contributed by atoms with Gasteiger partial charge in [-0.15, -0.1) is 0 Å². The van der Waals surface area contributed by atoms with Crippen LogP contribution in [-0.2, 0) is 0 Å². The van der Waals surface area contributed by atoms with Gasteiger partial charge in [-0.2, -0.15) is 0 Å². The number of carbonyl (C=O) groups is 2. The summed E-state index contributed by atoms with van der Waals surface area (Å²) in [7, 11) is 0. The van der Waals surface area contributed by atoms with Gasteiger partial charge in [0.2, 0.25) is 5.76 Å². The van der Waals surface area contributed by atoms with Gasteiger partial charge in [-0.3, -0.25) is 10.0 Å². The minimum Gasteiger partial charge on any atom is -0.351 e. The van der Waals surface area contributed by atoms with Gasteiger partial charge in [0.1, 0.15) is 5.69 Å². The molecule has 4 saturated carbocycles. The van der Waals surface area contributed by atoms with Crippen LogP contribution in [0.3, 0.4) is 0 Å². The van der Waals surface area contributed by atoms with Crippen LogP contribution in [0.25, 0.3) is 0 Å². The van der Waals surface area contributed by atoms with E-state index >= 15 is 0 Å². The van der Waals surface area contributed by atoms with E-state index in [9.17, 15) is 9.59 Å². The summed E-state index contributed by atoms with van der Waals surface area (Å²) in [5.41, 5.74) is 1.87. The number of aromatic nitrogens is 1. The zero-order chi connectivity index (χ0) is 17.6. The Kier molecular flexibility index (Phi) is 3.94. The molecule has 4 aliphatic carbocycles. The van der Waals surface area contributed by atoms with Gasteiger partial charge < -0.3 is 15.2 Å². The van der Waals surface area contributed by atoms with E-state index in [-0.39, 0.29) is 17.3 Å². The molecule has 5 rings (SSSR count). The van der Waals surface area contributed by atoms with E-state index in [1.807, 2.05) is 0 Å². The quantitative estimate of drug-likeness (QED) is 0.491. The predicted molar refractivity (Wildman–Crippen MR) is 86.7 cm³/mol. The van der Waals surface area contributed by atoms with Crippen LogP contribution in [0.1, 0.15) is 67.7 Å². The molecule has 136 valence electrons. The normalized spacial score (nSPS) is 33.8. The van der Waals surface area contributed by atoms with Crippen LogP contribution >= 0.6 is 0 Å². The topological polar surface area (TPSA) is 116 Å². The molecule has 1 aromatic heterocycles. The lowest BCUT2D eigenvalue weighted by Gasteiger charge is -2.56. The van der Waals surface area contributed by atoms with Gasteiger partial charge in [-0.1, -0.05) is 5.16 Å². The minimum atomic E-state index is -0.774. The van der Waals surface area contributed by atoms with Gasteiger partial charge in [0, 0.05) is 11.6 Å². The maximum Gasteiger partial charge on any atom is 0.315 e. The molecular weight excluding hydrogens is 324 g/mol. The fourth-order valence-corrected chi connectivity index (χ4v) is 5.47. The Balaban J connectivity index is 1.37. The van der Waals surface area contributed by atoms with Crippen LogP contribution in [0.4, 0.5) is 4.79 Å². The van der Waals surface area contributed by atoms with Crippen molar-refractivity contribution in [3.05, 3.63) is 17.5 Å². The maximum atomic E-state index is 12.5. The minimum absolute atomic E-state index is 0.0513. The van der Waals surface area contributed by atoms with E-state index in [1.165, 1.54) is 30.8 Å². The maximum absolute atomic E-state index is 12.5. The molecule has 8 nitrogen and oxygen atoms in total. The fourth-order valence-electron chi connectivity index (χ4n) is 5.47. The number of hydrogen-bond donors (Lipinski definition) is 4. The molecule has 0 spiro atoms. The fraction of sp³-hybridized carbons (Fsp3) is 0.706. The smallest absolute Gasteiger partial charge is 0.315 e. The molecule has 0 radical (unpaired) electrons. The second kappa shape index (κ2) is 6.01. The Labute approximate surface area is 145 Å². The Morgan fingerprint density at radius 3 is 2.40 bits per heavy atom. The lowest BCUT2D eigenvalue weighted by molar-refractivity contribution is -0.0136. The molecule has 4 aliphatic rings. The van der Waals surface area contributed by atoms with E-state index in [2.05, 4.69) is 15.8 Å². The molecule has 0 aromatic carbocycles. The van der Waals surface area contributed by atoms with Gasteiger partial charge >= 0.3 is 11.9 Å². The summed E-state index contributed by atoms with van der Waals surface area (Å²) in [5.74, 6) is 1.41. The third kappa shape index (κ3) is 3.10. The first-order chi connectivity index (χ1) is 12.0. The van der Waals surface area contributed by atoms with E-state index in [0.717, 1.165) is 37.0 Å². The molecular formula is C17H24N4O4. The van der Waals surface area contributed by atoms with Gasteiger partial charge in [0.15, 0.2) is 0 Å². The molecule has 1 heterocycles. The third-order valence-electron chi connectivity index (χ3n) is 6.06. The van der Waals surface area contributed by atoms with Gasteiger partial charge in [-0.25, -0.2) is 10.3 Å². The molecule has 25 heavy (non-hydrogen) atoms. The molecule has 4 bridgehead atoms. The highest BCUT2D eigenvalue weighted by atomic mass is 16.5. The number of nitrogens with zero attached hydrogens (tertiary/aromatic N) is 1. The number of carbonyl (C=O) groups excluding carboxylic acids is 2. The first-order valence-electron chi connectivity index (χ1n) is 8.96. The van der Waals surface area contributed by atoms with Crippen molar-refractivity contribution in [2.45, 2.75) is 57.0 Å². The summed E-state index contributed by atoms with van der Waals surface area (Å²) >= 11 is 0. The number of nitrogens with one attached hydrogen (secondary N) is 3. The zero-order valence-corrected chi connectivity index (χ0v) is 14.2. The van der Waals surface area contributed by atoms with Crippen molar-refractivity contribution in [3.8, 4) is 0 Å². The summed E-state index contributed by atoms with van der Waals surface area (Å²) in [6.07, 6.45) is 7.25. The highest BCUT2D eigenvalue weighted by Crippen LogP contribution is 2.55. The van der Waals surface area contributed by atoms with Crippen molar-refractivity contribution in [1.29, 1.82) is 0 Å². The Hall–Kier alpha value is -2.09. The molecule has 8 heteroatoms. The van der Waals surface area contributed by atoms with Crippen molar-refractivity contribution in [1.82, 2.24) is 21.3 Å². The van der Waals surface area contributed by atoms with Crippen LogP contribution in [0.5, 0.6) is 0 Å². The van der Waals surface area contributed by atoms with E-state index in [0.29, 0.717) is 5.69 Å². The SMILES string of the molecule is C[C@@H](NC(=O)NC12CC3CC(CC(C3)C1)C2)c1cc(C(=O)NO)on1. The average molecular weight is 348 g/mol. The van der Waals surface area contributed by atoms with Gasteiger partial charge in [-0.05, 0) is 63.2 Å². The molecule has 1 aromatic rings. The van der Waals surface area contributed by atoms with Gasteiger partial charge in [0.25, 0.3) is 0 Å². The van der Waals surface area contributed by atoms with Crippen LogP contribution < -0.4 is 16.1 Å². The van der Waals surface area contributed by atoms with E-state index in [4.69, 9.17) is 9.73 Å². The first kappa shape index (κ1) is 16.4. The molecule has 1 atom stereocenters. The standard InChI is InChI=1S/C17H24N4O4/c1-9(13-5-14(25-21-13)15(22)20-24)18-16(23)19-17-6-10-2-11(7-17)4-12(3-10)8-17/h5,9-12,24H,2-4,6-8H2,1H3,(H,20,22)(H2,18,19,23)/t9-,10?,11?,12?,17?/m1/s1. The molecule has 4 fully saturated rings. The summed E-state index contributed by atoms with van der Waals surface area (Å²) in [5, 5.41) is 18.5. The second-order valence-corrected chi connectivity index (χ2v) is 8.07. The number of urea groups is 1. The molecule has 3 amide bonds. The van der Waals surface area contributed by atoms with Crippen molar-refractivity contribution >= 4 is 11.9 Å². The van der Waals surface area contributed by atoms with Crippen molar-refractivity contribution in [2.75, 3.05) is 0 Å². The van der Waals surface area contributed by atoms with Crippen LogP contribution in [0, 0.1) is 17.8 Å². The highest BCUT2D eigenvalue weighted by molar-refractivity contribution is 5.90. The zero-order valence-electron chi connectivity index (χ0n) is 14.2. The van der Waals surface area contributed by atoms with Crippen LogP contribution in [0.2, 0.25) is 0 Å². The van der Waals surface area contributed by atoms with Crippen molar-refractivity contribution < 1.29 is 19.3 Å². The molecule has 4 N–H and O–H groups in total. The van der Waals surface area contributed by atoms with Crippen molar-refractivity contribution in [2.24, 2.45) is 17.8 Å². The lowest BCUT2D eigenvalue weighted by atomic mass is 9.53. The molecule has 0 saturated heterocycles. The predicted octanol–water partition coefficient (Wildman–Crippen LogP) is 2.12. The van der Waals surface area contributed by atoms with Gasteiger partial charge in [0.05, 0.1) is 6.04 Å². The van der Waals surface area contributed by atoms with Crippen LogP contribution in [-0.4, -0.2) is 27.8 Å². The second-order valence-electron chi connectivity index (χ2n) is 8.07. The summed E-state index contributed by atoms with van der Waals surface area (Å²) in [4.78, 5) is 23.8. The molecule has 0 unspecified atom stereocenters. The first-order valence-corrected chi connectivity index (χ1v) is 8.96.